The summed E-state index contributed by atoms with van der Waals surface area (Å²) in [6.45, 7) is 10.8. The van der Waals surface area contributed by atoms with Crippen LogP contribution in [0.2, 0.25) is 25.7 Å². The van der Waals surface area contributed by atoms with Gasteiger partial charge in [-0.3, -0.25) is 4.79 Å². The van der Waals surface area contributed by atoms with Gasteiger partial charge in [0.1, 0.15) is 26.1 Å². The summed E-state index contributed by atoms with van der Waals surface area (Å²) >= 11 is 0. The summed E-state index contributed by atoms with van der Waals surface area (Å²) < 4.78 is 42.0. The molecule has 7 nitrogen and oxygen atoms in total. The van der Waals surface area contributed by atoms with Crippen LogP contribution >= 0.6 is 0 Å². The van der Waals surface area contributed by atoms with Crippen LogP contribution in [0.1, 0.15) is 92.2 Å². The number of nitrogens with zero attached hydrogens (tertiary/aromatic N) is 3. The summed E-state index contributed by atoms with van der Waals surface area (Å²) in [5.41, 5.74) is 2.20. The van der Waals surface area contributed by atoms with E-state index in [-0.39, 0.29) is 29.6 Å². The Kier molecular flexibility index (Phi) is 9.23. The van der Waals surface area contributed by atoms with Crippen LogP contribution in [0, 0.1) is 16.7 Å². The van der Waals surface area contributed by atoms with Crippen LogP contribution in [0.4, 0.5) is 14.5 Å². The molecular formula is C34H46F2N4O3Si. The number of fused-ring (bicyclic) bond motifs is 2. The van der Waals surface area contributed by atoms with E-state index < -0.39 is 38.5 Å². The fourth-order valence-electron chi connectivity index (χ4n) is 6.79. The number of benzene rings is 1. The highest BCUT2D eigenvalue weighted by atomic mass is 28.3. The number of nitriles is 1. The summed E-state index contributed by atoms with van der Waals surface area (Å²) in [6, 6.07) is 8.98. The van der Waals surface area contributed by atoms with Gasteiger partial charge in [0.15, 0.2) is 5.69 Å². The van der Waals surface area contributed by atoms with Gasteiger partial charge in [-0.1, -0.05) is 45.6 Å². The third-order valence-electron chi connectivity index (χ3n) is 9.60. The second-order valence-corrected chi connectivity index (χ2v) is 20.7. The number of aromatic nitrogens is 2. The van der Waals surface area contributed by atoms with Crippen LogP contribution in [-0.4, -0.2) is 54.7 Å². The third-order valence-corrected chi connectivity index (χ3v) is 11.3. The molecule has 2 aromatic rings. The first kappa shape index (κ1) is 32.5. The number of ether oxygens (including phenoxy) is 2. The van der Waals surface area contributed by atoms with Gasteiger partial charge in [0.05, 0.1) is 11.2 Å². The summed E-state index contributed by atoms with van der Waals surface area (Å²) in [7, 11) is -1.28. The third kappa shape index (κ3) is 7.16. The molecule has 10 heteroatoms. The van der Waals surface area contributed by atoms with Crippen molar-refractivity contribution in [1.29, 1.82) is 5.26 Å². The Labute approximate surface area is 261 Å². The molecule has 3 aliphatic rings. The van der Waals surface area contributed by atoms with Gasteiger partial charge in [0.25, 0.3) is 5.91 Å². The molecule has 2 aliphatic heterocycles. The van der Waals surface area contributed by atoms with Crippen LogP contribution < -0.4 is 5.32 Å². The quantitative estimate of drug-likeness (QED) is 0.202. The van der Waals surface area contributed by atoms with E-state index >= 15 is 0 Å². The van der Waals surface area contributed by atoms with E-state index in [1.54, 1.807) is 10.8 Å². The largest absolute Gasteiger partial charge is 0.363 e. The van der Waals surface area contributed by atoms with Crippen molar-refractivity contribution in [3.05, 3.63) is 53.1 Å². The monoisotopic (exact) mass is 624 g/mol. The maximum Gasteiger partial charge on any atom is 0.291 e. The first-order valence-electron chi connectivity index (χ1n) is 15.8. The van der Waals surface area contributed by atoms with Crippen LogP contribution in [0.15, 0.2) is 30.5 Å². The Balaban J connectivity index is 1.43. The van der Waals surface area contributed by atoms with Gasteiger partial charge in [-0.2, -0.15) is 5.26 Å². The highest BCUT2D eigenvalue weighted by Crippen LogP contribution is 2.54. The van der Waals surface area contributed by atoms with Gasteiger partial charge >= 0.3 is 0 Å². The highest BCUT2D eigenvalue weighted by molar-refractivity contribution is 6.76. The zero-order valence-corrected chi connectivity index (χ0v) is 27.8. The maximum absolute atomic E-state index is 14.2. The number of anilines is 1. The molecule has 2 saturated heterocycles. The molecule has 1 amide bonds. The molecule has 44 heavy (non-hydrogen) atoms. The Morgan fingerprint density at radius 1 is 1.18 bits per heavy atom. The Morgan fingerprint density at radius 3 is 2.48 bits per heavy atom. The molecule has 2 bridgehead atoms. The van der Waals surface area contributed by atoms with E-state index in [9.17, 15) is 18.8 Å². The maximum atomic E-state index is 14.2. The number of amides is 1. The van der Waals surface area contributed by atoms with Gasteiger partial charge in [-0.05, 0) is 85.6 Å². The number of rotatable bonds is 11. The molecule has 3 heterocycles. The number of hydrogen-bond donors (Lipinski definition) is 1. The van der Waals surface area contributed by atoms with Gasteiger partial charge < -0.3 is 19.4 Å². The predicted molar refractivity (Wildman–Crippen MR) is 171 cm³/mol. The minimum atomic E-state index is -1.28. The number of imidazole rings is 1. The summed E-state index contributed by atoms with van der Waals surface area (Å²) in [5, 5.41) is 12.6. The van der Waals surface area contributed by atoms with E-state index in [1.807, 2.05) is 18.2 Å². The lowest BCUT2D eigenvalue weighted by molar-refractivity contribution is -0.159. The van der Waals surface area contributed by atoms with Gasteiger partial charge in [0, 0.05) is 32.1 Å². The molecule has 5 rings (SSSR count). The van der Waals surface area contributed by atoms with Gasteiger partial charge in [-0.25, -0.2) is 13.8 Å². The topological polar surface area (TPSA) is 89.2 Å². The molecule has 0 saturated carbocycles. The normalized spacial score (nSPS) is 26.2. The number of carbonyl (C=O) groups excluding carboxylic acids is 1. The minimum absolute atomic E-state index is 0.0488. The van der Waals surface area contributed by atoms with Crippen molar-refractivity contribution in [3.8, 4) is 6.07 Å². The molecule has 1 aliphatic carbocycles. The van der Waals surface area contributed by atoms with E-state index in [4.69, 9.17) is 9.47 Å². The number of allylic oxidation sites excluding steroid dienone is 2. The smallest absolute Gasteiger partial charge is 0.291 e. The number of hydrogen-bond acceptors (Lipinski definition) is 5. The molecule has 0 spiro atoms. The molecule has 238 valence electrons. The zero-order chi connectivity index (χ0) is 31.8. The molecule has 2 atom stereocenters. The van der Waals surface area contributed by atoms with E-state index in [2.05, 4.69) is 55.9 Å². The van der Waals surface area contributed by atoms with Crippen molar-refractivity contribution in [3.63, 3.8) is 0 Å². The Bertz CT molecular complexity index is 1440. The SMILES string of the molecule is CC1(C)CC=C(c2cc(C3CC4(CF)CCC(CF)(C3)O4)ccc2NC(=O)c2nc(C#N)cn2COCC[Si](C)(C)C)CC1. The zero-order valence-electron chi connectivity index (χ0n) is 26.8. The molecule has 0 radical (unpaired) electrons. The fraction of sp³-hybridized carbons (Fsp3) is 0.618. The first-order chi connectivity index (χ1) is 20.8. The molecule has 1 aromatic heterocycles. The highest BCUT2D eigenvalue weighted by Gasteiger charge is 2.55. The minimum Gasteiger partial charge on any atom is -0.363 e. The predicted octanol–water partition coefficient (Wildman–Crippen LogP) is 8.02. The number of carbonyl (C=O) groups is 1. The fourth-order valence-corrected chi connectivity index (χ4v) is 7.55. The van der Waals surface area contributed by atoms with Crippen molar-refractivity contribution >= 4 is 25.2 Å². The number of nitrogens with one attached hydrogen (secondary N) is 1. The second kappa shape index (κ2) is 12.5. The first-order valence-corrected chi connectivity index (χ1v) is 19.5. The van der Waals surface area contributed by atoms with Crippen molar-refractivity contribution < 1.29 is 23.0 Å². The van der Waals surface area contributed by atoms with Crippen LogP contribution in [0.25, 0.3) is 5.57 Å². The van der Waals surface area contributed by atoms with Crippen LogP contribution in [-0.2, 0) is 16.2 Å². The average molecular weight is 625 g/mol. The second-order valence-electron chi connectivity index (χ2n) is 15.1. The summed E-state index contributed by atoms with van der Waals surface area (Å²) in [4.78, 5) is 17.9. The van der Waals surface area contributed by atoms with E-state index in [1.165, 1.54) is 0 Å². The van der Waals surface area contributed by atoms with Crippen LogP contribution in [0.5, 0.6) is 0 Å². The standard InChI is InChI=1S/C34H46F2N4O3Si/c1-32(2)10-8-24(9-11-32)28-16-25(26-17-33(21-35)12-13-34(18-26,22-36)43-33)6-7-29(28)39-31(41)30-38-27(19-37)20-40(30)23-42-14-15-44(3,4)5/h6-8,16,20,26H,9-15,17-18,21-23H2,1-5H3,(H,39,41). The molecule has 2 unspecified atom stereocenters. The van der Waals surface area contributed by atoms with Gasteiger partial charge in [-0.15, -0.1) is 0 Å². The average Bonchev–Trinajstić information content (AvgIpc) is 3.53. The van der Waals surface area contributed by atoms with Crippen LogP contribution in [0.3, 0.4) is 0 Å². The number of alkyl halides is 2. The lowest BCUT2D eigenvalue weighted by Crippen LogP contribution is -2.45. The lowest BCUT2D eigenvalue weighted by atomic mass is 9.75. The molecule has 2 fully saturated rings. The summed E-state index contributed by atoms with van der Waals surface area (Å²) in [5.74, 6) is -0.366. The van der Waals surface area contributed by atoms with Crippen molar-refractivity contribution in [1.82, 2.24) is 9.55 Å². The van der Waals surface area contributed by atoms with Gasteiger partial charge in [0.2, 0.25) is 5.82 Å². The van der Waals surface area contributed by atoms with Crippen molar-refractivity contribution in [2.75, 3.05) is 25.3 Å². The van der Waals surface area contributed by atoms with E-state index in [0.29, 0.717) is 38.0 Å². The summed E-state index contributed by atoms with van der Waals surface area (Å²) in [6.07, 6.45) is 8.65. The van der Waals surface area contributed by atoms with Crippen molar-refractivity contribution in [2.24, 2.45) is 5.41 Å². The molecule has 1 aromatic carbocycles. The molecule has 1 N–H and O–H groups in total. The Morgan fingerprint density at radius 2 is 1.89 bits per heavy atom. The Hall–Kier alpha value is -2.87. The molecular weight excluding hydrogens is 578 g/mol. The van der Waals surface area contributed by atoms with Crippen molar-refractivity contribution in [2.45, 2.75) is 108 Å². The number of halogens is 2. The lowest BCUT2D eigenvalue weighted by Gasteiger charge is -2.42. The van der Waals surface area contributed by atoms with E-state index in [0.717, 1.165) is 42.0 Å².